The molecule has 2 aliphatic heterocycles. The summed E-state index contributed by atoms with van der Waals surface area (Å²) >= 11 is 0. The lowest BCUT2D eigenvalue weighted by Crippen LogP contribution is -2.20. The van der Waals surface area contributed by atoms with Gasteiger partial charge in [0.15, 0.2) is 5.82 Å². The van der Waals surface area contributed by atoms with Crippen molar-refractivity contribution in [2.75, 3.05) is 5.32 Å². The van der Waals surface area contributed by atoms with E-state index in [1.54, 1.807) is 16.8 Å². The molecular weight excluding hydrogens is 396 g/mol. The molecule has 31 heavy (non-hydrogen) atoms. The Morgan fingerprint density at radius 1 is 1.26 bits per heavy atom. The van der Waals surface area contributed by atoms with Gasteiger partial charge in [0, 0.05) is 35.2 Å². The molecule has 1 unspecified atom stereocenters. The van der Waals surface area contributed by atoms with Crippen LogP contribution in [0.4, 0.5) is 10.6 Å². The zero-order valence-corrected chi connectivity index (χ0v) is 17.3. The first kappa shape index (κ1) is 18.1. The topological polar surface area (TPSA) is 107 Å². The van der Waals surface area contributed by atoms with E-state index in [4.69, 9.17) is 9.26 Å². The molecule has 2 aliphatic rings. The van der Waals surface area contributed by atoms with Gasteiger partial charge in [0.25, 0.3) is 0 Å². The fourth-order valence-corrected chi connectivity index (χ4v) is 4.12. The van der Waals surface area contributed by atoms with Crippen molar-refractivity contribution in [3.8, 4) is 11.6 Å². The third-order valence-electron chi connectivity index (χ3n) is 5.73. The maximum atomic E-state index is 13.0. The molecule has 1 aromatic carbocycles. The molecule has 0 spiro atoms. The largest absolute Gasteiger partial charge is 0.438 e. The molecule has 6 rings (SSSR count). The molecule has 0 radical (unpaired) electrons. The van der Waals surface area contributed by atoms with Crippen LogP contribution in [0.5, 0.6) is 11.6 Å². The van der Waals surface area contributed by atoms with Crippen LogP contribution in [-0.2, 0) is 12.0 Å². The second-order valence-electron chi connectivity index (χ2n) is 8.85. The summed E-state index contributed by atoms with van der Waals surface area (Å²) in [6.07, 6.45) is 3.26. The van der Waals surface area contributed by atoms with Gasteiger partial charge in [-0.25, -0.2) is 14.8 Å². The lowest BCUT2D eigenvalue weighted by molar-refractivity contribution is 0.254. The third kappa shape index (κ3) is 2.73. The van der Waals surface area contributed by atoms with Crippen LogP contribution >= 0.6 is 0 Å². The van der Waals surface area contributed by atoms with Gasteiger partial charge in [0.1, 0.15) is 17.8 Å². The smallest absolute Gasteiger partial charge is 0.331 e. The van der Waals surface area contributed by atoms with Gasteiger partial charge >= 0.3 is 6.03 Å². The third-order valence-corrected chi connectivity index (χ3v) is 5.73. The van der Waals surface area contributed by atoms with Gasteiger partial charge in [-0.3, -0.25) is 9.88 Å². The van der Waals surface area contributed by atoms with Gasteiger partial charge in [0.05, 0.1) is 22.8 Å². The second kappa shape index (κ2) is 6.14. The predicted octanol–water partition coefficient (Wildman–Crippen LogP) is 4.10. The summed E-state index contributed by atoms with van der Waals surface area (Å²) in [5.74, 6) is 2.40. The van der Waals surface area contributed by atoms with Crippen LogP contribution in [0, 0.1) is 0 Å². The van der Waals surface area contributed by atoms with E-state index in [1.165, 1.54) is 6.33 Å². The van der Waals surface area contributed by atoms with E-state index >= 15 is 0 Å². The number of rotatable bonds is 1. The number of ether oxygens (including phenoxy) is 1. The number of hydrogen-bond donors (Lipinski definition) is 2. The van der Waals surface area contributed by atoms with Crippen molar-refractivity contribution in [1.29, 1.82) is 0 Å². The van der Waals surface area contributed by atoms with E-state index in [2.05, 4.69) is 25.8 Å². The molecule has 1 atom stereocenters. The second-order valence-corrected chi connectivity index (χ2v) is 8.85. The summed E-state index contributed by atoms with van der Waals surface area (Å²) in [6.45, 7) is 6.72. The van der Waals surface area contributed by atoms with Gasteiger partial charge < -0.3 is 14.6 Å². The Kier molecular flexibility index (Phi) is 3.58. The van der Waals surface area contributed by atoms with Gasteiger partial charge in [-0.15, -0.1) is 0 Å². The maximum Gasteiger partial charge on any atom is 0.331 e. The number of anilines is 1. The highest BCUT2D eigenvalue weighted by Crippen LogP contribution is 2.46. The zero-order chi connectivity index (χ0) is 21.3. The Morgan fingerprint density at radius 3 is 2.94 bits per heavy atom. The van der Waals surface area contributed by atoms with Crippen LogP contribution in [0.15, 0.2) is 41.3 Å². The SMILES string of the molecule is CC(C)(C)c1cc(NC(=O)n2ccc3cc4c(cc32)C2NCc3ncnc(c32)O4)no1. The standard InChI is InChI=1S/C22H20N6O3/c1-22(2,3)16-8-17(27-31-16)26-21(29)28-5-4-11-6-15-12(7-14(11)28)19-18-13(9-23-19)24-10-25-20(18)30-15/h4-8,10,19,23H,9H2,1-3H3,(H,26,27,29). The van der Waals surface area contributed by atoms with Crippen molar-refractivity contribution >= 4 is 22.8 Å². The average molecular weight is 416 g/mol. The van der Waals surface area contributed by atoms with E-state index in [1.807, 2.05) is 39.0 Å². The molecule has 3 aromatic heterocycles. The number of benzene rings is 1. The number of nitrogens with zero attached hydrogens (tertiary/aromatic N) is 4. The van der Waals surface area contributed by atoms with Crippen molar-refractivity contribution in [3.05, 3.63) is 59.4 Å². The summed E-state index contributed by atoms with van der Waals surface area (Å²) in [7, 11) is 0. The molecule has 9 heteroatoms. The Bertz CT molecular complexity index is 1360. The van der Waals surface area contributed by atoms with Gasteiger partial charge in [-0.05, 0) is 18.2 Å². The highest BCUT2D eigenvalue weighted by molar-refractivity contribution is 5.98. The quantitative estimate of drug-likeness (QED) is 0.481. The Hall–Kier alpha value is -3.72. The van der Waals surface area contributed by atoms with Crippen LogP contribution in [-0.4, -0.2) is 25.7 Å². The fraction of sp³-hybridized carbons (Fsp3) is 0.273. The highest BCUT2D eigenvalue weighted by atomic mass is 16.5. The molecule has 4 aromatic rings. The minimum absolute atomic E-state index is 0.0596. The minimum Gasteiger partial charge on any atom is -0.438 e. The van der Waals surface area contributed by atoms with Crippen LogP contribution in [0.3, 0.4) is 0 Å². The van der Waals surface area contributed by atoms with Crippen LogP contribution < -0.4 is 15.4 Å². The zero-order valence-electron chi connectivity index (χ0n) is 17.3. The molecular formula is C22H20N6O3. The summed E-state index contributed by atoms with van der Waals surface area (Å²) in [6, 6.07) is 7.17. The van der Waals surface area contributed by atoms with Crippen molar-refractivity contribution in [2.45, 2.75) is 38.8 Å². The lowest BCUT2D eigenvalue weighted by Gasteiger charge is -2.24. The van der Waals surface area contributed by atoms with Crippen LogP contribution in [0.1, 0.15) is 49.4 Å². The monoisotopic (exact) mass is 416 g/mol. The van der Waals surface area contributed by atoms with Crippen LogP contribution in [0.2, 0.25) is 0 Å². The van der Waals surface area contributed by atoms with Gasteiger partial charge in [0.2, 0.25) is 5.88 Å². The molecule has 5 heterocycles. The molecule has 0 bridgehead atoms. The number of aromatic nitrogens is 4. The maximum absolute atomic E-state index is 13.0. The van der Waals surface area contributed by atoms with E-state index in [0.717, 1.165) is 33.5 Å². The normalized spacial score (nSPS) is 16.7. The molecule has 9 nitrogen and oxygen atoms in total. The average Bonchev–Trinajstić information content (AvgIpc) is 3.45. The Labute approximate surface area is 177 Å². The highest BCUT2D eigenvalue weighted by Gasteiger charge is 2.36. The van der Waals surface area contributed by atoms with E-state index in [9.17, 15) is 4.79 Å². The molecule has 1 amide bonds. The Balaban J connectivity index is 1.36. The number of carbonyl (C=O) groups is 1. The molecule has 0 saturated carbocycles. The Morgan fingerprint density at radius 2 is 2.13 bits per heavy atom. The first-order valence-electron chi connectivity index (χ1n) is 10.1. The summed E-state index contributed by atoms with van der Waals surface area (Å²) in [5, 5.41) is 11.1. The molecule has 0 aliphatic carbocycles. The van der Waals surface area contributed by atoms with Crippen molar-refractivity contribution in [2.24, 2.45) is 0 Å². The molecule has 0 saturated heterocycles. The molecule has 156 valence electrons. The fourth-order valence-electron chi connectivity index (χ4n) is 4.12. The van der Waals surface area contributed by atoms with Gasteiger partial charge in [-0.1, -0.05) is 25.9 Å². The molecule has 0 fully saturated rings. The van der Waals surface area contributed by atoms with Crippen LogP contribution in [0.25, 0.3) is 10.9 Å². The van der Waals surface area contributed by atoms with E-state index in [-0.39, 0.29) is 17.5 Å². The summed E-state index contributed by atoms with van der Waals surface area (Å²) in [5.41, 5.74) is 3.44. The predicted molar refractivity (Wildman–Crippen MR) is 112 cm³/mol. The van der Waals surface area contributed by atoms with Crippen molar-refractivity contribution in [1.82, 2.24) is 25.0 Å². The molecule has 2 N–H and O–H groups in total. The van der Waals surface area contributed by atoms with Gasteiger partial charge in [-0.2, -0.15) is 0 Å². The number of amides is 1. The minimum atomic E-state index is -0.316. The van der Waals surface area contributed by atoms with Crippen molar-refractivity contribution in [3.63, 3.8) is 0 Å². The first-order valence-corrected chi connectivity index (χ1v) is 10.1. The summed E-state index contributed by atoms with van der Waals surface area (Å²) in [4.78, 5) is 21.6. The van der Waals surface area contributed by atoms with Crippen molar-refractivity contribution < 1.29 is 14.1 Å². The number of fused-ring (bicyclic) bond motifs is 3. The van der Waals surface area contributed by atoms with E-state index in [0.29, 0.717) is 24.0 Å². The number of nitrogens with one attached hydrogen (secondary N) is 2. The number of carbonyl (C=O) groups excluding carboxylic acids is 1. The van der Waals surface area contributed by atoms with E-state index < -0.39 is 0 Å². The number of hydrogen-bond acceptors (Lipinski definition) is 7. The summed E-state index contributed by atoms with van der Waals surface area (Å²) < 4.78 is 13.0. The lowest BCUT2D eigenvalue weighted by atomic mass is 9.93. The first-order chi connectivity index (χ1) is 14.9.